The molecule has 0 saturated heterocycles. The van der Waals surface area contributed by atoms with Crippen molar-refractivity contribution in [3.63, 3.8) is 0 Å². The molecule has 82 valence electrons. The third-order valence-corrected chi connectivity index (χ3v) is 2.20. The van der Waals surface area contributed by atoms with Crippen molar-refractivity contribution in [1.29, 1.82) is 5.41 Å². The Morgan fingerprint density at radius 3 is 2.13 bits per heavy atom. The van der Waals surface area contributed by atoms with Crippen molar-refractivity contribution < 1.29 is 4.79 Å². The summed E-state index contributed by atoms with van der Waals surface area (Å²) in [5, 5.41) is 6.94. The smallest absolute Gasteiger partial charge is 0.252 e. The van der Waals surface area contributed by atoms with Gasteiger partial charge in [0.2, 0.25) is 0 Å². The van der Waals surface area contributed by atoms with Gasteiger partial charge >= 0.3 is 0 Å². The molecule has 0 aliphatic rings. The van der Waals surface area contributed by atoms with E-state index in [1.807, 2.05) is 0 Å². The number of anilines is 1. The van der Waals surface area contributed by atoms with Gasteiger partial charge in [-0.1, -0.05) is 0 Å². The van der Waals surface area contributed by atoms with Gasteiger partial charge in [-0.3, -0.25) is 10.2 Å². The molecule has 1 N–H and O–H groups in total. The Morgan fingerprint density at radius 1 is 1.33 bits per heavy atom. The third-order valence-electron chi connectivity index (χ3n) is 1.98. The van der Waals surface area contributed by atoms with Crippen molar-refractivity contribution in [2.45, 2.75) is 6.92 Å². The predicted molar refractivity (Wildman–Crippen MR) is 65.7 cm³/mol. The first-order valence-corrected chi connectivity index (χ1v) is 4.49. The van der Waals surface area contributed by atoms with Crippen LogP contribution in [0.25, 0.3) is 0 Å². The van der Waals surface area contributed by atoms with E-state index < -0.39 is 5.24 Å². The van der Waals surface area contributed by atoms with Gasteiger partial charge in [-0.25, -0.2) is 0 Å². The number of halogens is 2. The van der Waals surface area contributed by atoms with Gasteiger partial charge in [-0.2, -0.15) is 0 Å². The van der Waals surface area contributed by atoms with Crippen molar-refractivity contribution in [2.24, 2.45) is 0 Å². The van der Waals surface area contributed by atoms with Crippen molar-refractivity contribution in [3.05, 3.63) is 29.8 Å². The molecule has 0 spiro atoms. The minimum atomic E-state index is -0.467. The number of benzene rings is 1. The minimum absolute atomic E-state index is 0. The van der Waals surface area contributed by atoms with Crippen LogP contribution in [0.2, 0.25) is 0 Å². The van der Waals surface area contributed by atoms with E-state index in [9.17, 15) is 4.79 Å². The van der Waals surface area contributed by atoms with E-state index in [2.05, 4.69) is 0 Å². The van der Waals surface area contributed by atoms with Crippen molar-refractivity contribution in [2.75, 3.05) is 11.9 Å². The fourth-order valence-electron chi connectivity index (χ4n) is 1.01. The first-order chi connectivity index (χ1) is 6.52. The largest absolute Gasteiger partial charge is 0.334 e. The highest BCUT2D eigenvalue weighted by molar-refractivity contribution is 6.67. The Labute approximate surface area is 100.0 Å². The summed E-state index contributed by atoms with van der Waals surface area (Å²) >= 11 is 5.30. The van der Waals surface area contributed by atoms with E-state index in [4.69, 9.17) is 17.0 Å². The minimum Gasteiger partial charge on any atom is -0.334 e. The van der Waals surface area contributed by atoms with E-state index in [0.29, 0.717) is 11.4 Å². The summed E-state index contributed by atoms with van der Waals surface area (Å²) in [6, 6.07) is 6.80. The first kappa shape index (κ1) is 13.9. The molecule has 1 rings (SSSR count). The SMILES string of the molecule is CC(=N)N(C)c1ccc(C(=O)Cl)cc1.Cl. The van der Waals surface area contributed by atoms with Gasteiger partial charge in [0.15, 0.2) is 0 Å². The van der Waals surface area contributed by atoms with E-state index in [0.717, 1.165) is 5.69 Å². The summed E-state index contributed by atoms with van der Waals surface area (Å²) in [6.45, 7) is 1.70. The average molecular weight is 247 g/mol. The van der Waals surface area contributed by atoms with Crippen LogP contribution >= 0.6 is 24.0 Å². The van der Waals surface area contributed by atoms with Gasteiger partial charge in [0.1, 0.15) is 0 Å². The van der Waals surface area contributed by atoms with E-state index in [-0.39, 0.29) is 12.4 Å². The molecule has 0 atom stereocenters. The number of rotatable bonds is 2. The summed E-state index contributed by atoms with van der Waals surface area (Å²) in [5.74, 6) is 0.440. The fourth-order valence-corrected chi connectivity index (χ4v) is 1.14. The zero-order chi connectivity index (χ0) is 10.7. The number of amidine groups is 1. The van der Waals surface area contributed by atoms with Crippen molar-refractivity contribution in [3.8, 4) is 0 Å². The molecule has 0 amide bonds. The Bertz CT molecular complexity index is 362. The molecule has 1 aromatic carbocycles. The molecule has 5 heteroatoms. The Kier molecular flexibility index (Phi) is 5.33. The normalized spacial score (nSPS) is 9.00. The maximum atomic E-state index is 10.8. The van der Waals surface area contributed by atoms with E-state index in [1.54, 1.807) is 43.1 Å². The van der Waals surface area contributed by atoms with Gasteiger partial charge in [-0.15, -0.1) is 12.4 Å². The fraction of sp³-hybridized carbons (Fsp3) is 0.200. The molecule has 0 radical (unpaired) electrons. The lowest BCUT2D eigenvalue weighted by atomic mass is 10.2. The molecular weight excluding hydrogens is 235 g/mol. The molecule has 3 nitrogen and oxygen atoms in total. The molecule has 0 bridgehead atoms. The summed E-state index contributed by atoms with van der Waals surface area (Å²) < 4.78 is 0. The van der Waals surface area contributed by atoms with Crippen LogP contribution in [-0.4, -0.2) is 18.1 Å². The Morgan fingerprint density at radius 2 is 1.80 bits per heavy atom. The van der Waals surface area contributed by atoms with Crippen molar-refractivity contribution >= 4 is 40.8 Å². The van der Waals surface area contributed by atoms with Gasteiger partial charge < -0.3 is 4.90 Å². The summed E-state index contributed by atoms with van der Waals surface area (Å²) in [4.78, 5) is 12.5. The molecule has 1 aromatic rings. The van der Waals surface area contributed by atoms with Crippen LogP contribution in [0.5, 0.6) is 0 Å². The lowest BCUT2D eigenvalue weighted by Gasteiger charge is -2.17. The third kappa shape index (κ3) is 3.53. The van der Waals surface area contributed by atoms with Crippen LogP contribution in [0.3, 0.4) is 0 Å². The number of carbonyl (C=O) groups excluding carboxylic acids is 1. The average Bonchev–Trinajstić information content (AvgIpc) is 2.16. The zero-order valence-corrected chi connectivity index (χ0v) is 10.0. The molecule has 0 fully saturated rings. The maximum absolute atomic E-state index is 10.8. The topological polar surface area (TPSA) is 44.2 Å². The number of hydrogen-bond donors (Lipinski definition) is 1. The van der Waals surface area contributed by atoms with Crippen LogP contribution in [0, 0.1) is 5.41 Å². The molecule has 0 aromatic heterocycles. The van der Waals surface area contributed by atoms with E-state index in [1.165, 1.54) is 0 Å². The number of carbonyl (C=O) groups is 1. The highest BCUT2D eigenvalue weighted by Crippen LogP contribution is 2.14. The molecular formula is C10H12Cl2N2O. The van der Waals surface area contributed by atoms with Crippen molar-refractivity contribution in [1.82, 2.24) is 0 Å². The Hall–Kier alpha value is -1.06. The lowest BCUT2D eigenvalue weighted by molar-refractivity contribution is 0.108. The monoisotopic (exact) mass is 246 g/mol. The summed E-state index contributed by atoms with van der Waals surface area (Å²) in [7, 11) is 1.79. The second-order valence-electron chi connectivity index (χ2n) is 2.97. The lowest BCUT2D eigenvalue weighted by Crippen LogP contribution is -2.21. The van der Waals surface area contributed by atoms with Gasteiger partial charge in [-0.05, 0) is 42.8 Å². The highest BCUT2D eigenvalue weighted by atomic mass is 35.5. The molecule has 0 heterocycles. The first-order valence-electron chi connectivity index (χ1n) is 4.11. The molecule has 0 unspecified atom stereocenters. The Balaban J connectivity index is 0.00000196. The van der Waals surface area contributed by atoms with Gasteiger partial charge in [0, 0.05) is 18.3 Å². The summed E-state index contributed by atoms with van der Waals surface area (Å²) in [5.41, 5.74) is 1.32. The van der Waals surface area contributed by atoms with Crippen LogP contribution in [0.15, 0.2) is 24.3 Å². The second-order valence-corrected chi connectivity index (χ2v) is 3.31. The number of nitrogens with zero attached hydrogens (tertiary/aromatic N) is 1. The number of hydrogen-bond acceptors (Lipinski definition) is 2. The molecule has 15 heavy (non-hydrogen) atoms. The van der Waals surface area contributed by atoms with Gasteiger partial charge in [0.25, 0.3) is 5.24 Å². The standard InChI is InChI=1S/C10H11ClN2O.ClH/c1-7(12)13(2)9-5-3-8(4-6-9)10(11)14;/h3-6,12H,1-2H3;1H. The molecule has 0 aliphatic heterocycles. The van der Waals surface area contributed by atoms with Crippen LogP contribution in [0.4, 0.5) is 5.69 Å². The maximum Gasteiger partial charge on any atom is 0.252 e. The van der Waals surface area contributed by atoms with E-state index >= 15 is 0 Å². The zero-order valence-electron chi connectivity index (χ0n) is 8.45. The van der Waals surface area contributed by atoms with Crippen LogP contribution < -0.4 is 4.90 Å². The second kappa shape index (κ2) is 5.73. The molecule has 0 aliphatic carbocycles. The highest BCUT2D eigenvalue weighted by Gasteiger charge is 2.04. The summed E-state index contributed by atoms with van der Waals surface area (Å²) in [6.07, 6.45) is 0. The predicted octanol–water partition coefficient (Wildman–Crippen LogP) is 2.92. The number of nitrogens with one attached hydrogen (secondary N) is 1. The van der Waals surface area contributed by atoms with Gasteiger partial charge in [0.05, 0.1) is 5.84 Å². The van der Waals surface area contributed by atoms with Crippen LogP contribution in [0.1, 0.15) is 17.3 Å². The quantitative estimate of drug-likeness (QED) is 0.496. The molecule has 0 saturated carbocycles. The van der Waals surface area contributed by atoms with Crippen LogP contribution in [-0.2, 0) is 0 Å².